The van der Waals surface area contributed by atoms with Crippen LogP contribution in [0.4, 0.5) is 4.39 Å². The predicted octanol–water partition coefficient (Wildman–Crippen LogP) is 3.32. The molecule has 7 atom stereocenters. The summed E-state index contributed by atoms with van der Waals surface area (Å²) in [6, 6.07) is 0. The molecule has 0 radical (unpaired) electrons. The monoisotopic (exact) mass is 393 g/mol. The lowest BCUT2D eigenvalue weighted by Crippen LogP contribution is -2.58. The van der Waals surface area contributed by atoms with Crippen LogP contribution in [0.1, 0.15) is 58.8 Å². The van der Waals surface area contributed by atoms with E-state index in [0.29, 0.717) is 55.6 Å². The number of carbonyl (C=O) groups excluding carboxylic acids is 1. The molecule has 4 aliphatic rings. The van der Waals surface area contributed by atoms with E-state index in [1.807, 2.05) is 0 Å². The first kappa shape index (κ1) is 19.8. The van der Waals surface area contributed by atoms with Crippen molar-refractivity contribution in [2.24, 2.45) is 50.5 Å². The number of alkyl halides is 1. The lowest BCUT2D eigenvalue weighted by molar-refractivity contribution is -0.133. The molecule has 0 bridgehead atoms. The maximum Gasteiger partial charge on any atom is 0.142 e. The van der Waals surface area contributed by atoms with Gasteiger partial charge in [0.05, 0.1) is 11.4 Å². The Morgan fingerprint density at radius 3 is 2.75 bits per heavy atom. The van der Waals surface area contributed by atoms with Crippen LogP contribution in [-0.4, -0.2) is 41.7 Å². The van der Waals surface area contributed by atoms with E-state index in [-0.39, 0.29) is 29.3 Å². The van der Waals surface area contributed by atoms with Crippen LogP contribution in [0.3, 0.4) is 0 Å². The molecule has 1 unspecified atom stereocenters. The van der Waals surface area contributed by atoms with Gasteiger partial charge in [-0.25, -0.2) is 4.39 Å². The van der Waals surface area contributed by atoms with Gasteiger partial charge in [-0.3, -0.25) is 4.79 Å². The molecule has 0 spiro atoms. The zero-order chi connectivity index (χ0) is 20.1. The molecule has 0 aromatic carbocycles. The van der Waals surface area contributed by atoms with Crippen molar-refractivity contribution in [3.8, 4) is 0 Å². The first-order valence-electron chi connectivity index (χ1n) is 10.6. The number of halogens is 1. The van der Waals surface area contributed by atoms with E-state index in [4.69, 9.17) is 10.6 Å². The molecule has 156 valence electrons. The predicted molar refractivity (Wildman–Crippen MR) is 104 cm³/mol. The second-order valence-electron chi connectivity index (χ2n) is 9.73. The number of ketones is 1. The highest BCUT2D eigenvalue weighted by Crippen LogP contribution is 2.64. The maximum atomic E-state index is 15.1. The first-order chi connectivity index (χ1) is 13.3. The molecule has 0 aromatic heterocycles. The molecule has 4 aliphatic carbocycles. The molecular weight excluding hydrogens is 361 g/mol. The molecule has 28 heavy (non-hydrogen) atoms. The molecule has 6 nitrogen and oxygen atoms in total. The summed E-state index contributed by atoms with van der Waals surface area (Å²) < 4.78 is 15.1. The van der Waals surface area contributed by atoms with Crippen LogP contribution in [0.2, 0.25) is 0 Å². The Morgan fingerprint density at radius 1 is 1.25 bits per heavy atom. The quantitative estimate of drug-likeness (QED) is 0.437. The minimum Gasteiger partial charge on any atom is -0.411 e. The number of nitrogens with two attached hydrogens (primary N) is 1. The van der Waals surface area contributed by atoms with Crippen LogP contribution in [0.25, 0.3) is 0 Å². The van der Waals surface area contributed by atoms with E-state index in [0.717, 1.165) is 25.0 Å². The van der Waals surface area contributed by atoms with Gasteiger partial charge in [-0.2, -0.15) is 0 Å². The Kier molecular flexibility index (Phi) is 5.01. The number of hydrogen-bond donors (Lipinski definition) is 2. The highest BCUT2D eigenvalue weighted by Gasteiger charge is 2.62. The van der Waals surface area contributed by atoms with Crippen molar-refractivity contribution < 1.29 is 19.2 Å². The molecule has 0 aromatic rings. The standard InChI is InChI=1S/C21H32FN3O3/c1-20-6-5-14-12(13(20)3-4-19(20)26)9-17(24-27)15-10-18(25-28-8-7-23)16(22)11-21(14,15)2/h12-16,27H,3-11,23H2,1-2H3/b24-17+,25-18+/t12-,13-,14-,15?,16+,20-,21+/m0/s1. The van der Waals surface area contributed by atoms with Crippen molar-refractivity contribution in [1.29, 1.82) is 0 Å². The van der Waals surface area contributed by atoms with E-state index < -0.39 is 6.17 Å². The lowest BCUT2D eigenvalue weighted by Gasteiger charge is -2.59. The fourth-order valence-electron chi connectivity index (χ4n) is 7.06. The van der Waals surface area contributed by atoms with Gasteiger partial charge in [-0.1, -0.05) is 24.2 Å². The average molecular weight is 394 g/mol. The SMILES string of the molecule is C[C@]12C[C@@H](F)/C(=N/OCCN)CC1/C(=N/O)C[C@@H]1[C@@H]2CC[C@]2(C)C(=O)CC[C@@H]12. The molecule has 0 heterocycles. The van der Waals surface area contributed by atoms with Gasteiger partial charge >= 0.3 is 0 Å². The summed E-state index contributed by atoms with van der Waals surface area (Å²) in [6.07, 6.45) is 3.72. The Hall–Kier alpha value is -1.50. The largest absolute Gasteiger partial charge is 0.411 e. The van der Waals surface area contributed by atoms with Crippen molar-refractivity contribution in [2.45, 2.75) is 65.0 Å². The summed E-state index contributed by atoms with van der Waals surface area (Å²) in [6.45, 7) is 4.87. The minimum atomic E-state index is -1.16. The van der Waals surface area contributed by atoms with Crippen molar-refractivity contribution in [3.63, 3.8) is 0 Å². The maximum absolute atomic E-state index is 15.1. The fourth-order valence-corrected chi connectivity index (χ4v) is 7.06. The van der Waals surface area contributed by atoms with Gasteiger partial charge in [0.1, 0.15) is 18.6 Å². The van der Waals surface area contributed by atoms with Crippen molar-refractivity contribution in [3.05, 3.63) is 0 Å². The van der Waals surface area contributed by atoms with Gasteiger partial charge in [0, 0.05) is 30.7 Å². The zero-order valence-corrected chi connectivity index (χ0v) is 16.9. The molecule has 0 amide bonds. The Morgan fingerprint density at radius 2 is 2.04 bits per heavy atom. The number of oxime groups is 2. The summed E-state index contributed by atoms with van der Waals surface area (Å²) in [4.78, 5) is 17.7. The normalized spacial score (nSPS) is 48.3. The van der Waals surface area contributed by atoms with Crippen LogP contribution in [0.15, 0.2) is 10.3 Å². The van der Waals surface area contributed by atoms with Gasteiger partial charge < -0.3 is 15.8 Å². The molecule has 4 fully saturated rings. The average Bonchev–Trinajstić information content (AvgIpc) is 2.97. The zero-order valence-electron chi connectivity index (χ0n) is 16.9. The van der Waals surface area contributed by atoms with Gasteiger partial charge in [-0.05, 0) is 55.3 Å². The Balaban J connectivity index is 1.65. The molecule has 4 rings (SSSR count). The number of nitrogens with zero attached hydrogens (tertiary/aromatic N) is 2. The topological polar surface area (TPSA) is 97.3 Å². The summed E-state index contributed by atoms with van der Waals surface area (Å²) in [5.74, 6) is 1.29. The van der Waals surface area contributed by atoms with Crippen LogP contribution >= 0.6 is 0 Å². The molecule has 0 saturated heterocycles. The summed E-state index contributed by atoms with van der Waals surface area (Å²) >= 11 is 0. The van der Waals surface area contributed by atoms with Crippen LogP contribution in [0.5, 0.6) is 0 Å². The number of rotatable bonds is 3. The first-order valence-corrected chi connectivity index (χ1v) is 10.6. The Bertz CT molecular complexity index is 711. The Labute approximate surface area is 165 Å². The summed E-state index contributed by atoms with van der Waals surface area (Å²) in [7, 11) is 0. The summed E-state index contributed by atoms with van der Waals surface area (Å²) in [5.41, 5.74) is 6.02. The third-order valence-electron chi connectivity index (χ3n) is 8.55. The van der Waals surface area contributed by atoms with E-state index >= 15 is 4.39 Å². The molecular formula is C21H32FN3O3. The van der Waals surface area contributed by atoms with Crippen molar-refractivity contribution >= 4 is 17.2 Å². The molecule has 4 saturated carbocycles. The second-order valence-corrected chi connectivity index (χ2v) is 9.73. The molecule has 3 N–H and O–H groups in total. The minimum absolute atomic E-state index is 0.0348. The van der Waals surface area contributed by atoms with Gasteiger partial charge in [0.2, 0.25) is 0 Å². The smallest absolute Gasteiger partial charge is 0.142 e. The third kappa shape index (κ3) is 2.80. The highest BCUT2D eigenvalue weighted by molar-refractivity contribution is 5.97. The van der Waals surface area contributed by atoms with Gasteiger partial charge in [0.15, 0.2) is 0 Å². The van der Waals surface area contributed by atoms with Crippen molar-refractivity contribution in [1.82, 2.24) is 0 Å². The number of fused-ring (bicyclic) bond motifs is 5. The molecule has 7 heteroatoms. The molecule has 0 aliphatic heterocycles. The van der Waals surface area contributed by atoms with Crippen molar-refractivity contribution in [2.75, 3.05) is 13.2 Å². The van der Waals surface area contributed by atoms with Gasteiger partial charge in [0.25, 0.3) is 0 Å². The van der Waals surface area contributed by atoms with Crippen LogP contribution < -0.4 is 5.73 Å². The highest BCUT2D eigenvalue weighted by atomic mass is 19.1. The van der Waals surface area contributed by atoms with E-state index in [1.165, 1.54) is 0 Å². The van der Waals surface area contributed by atoms with E-state index in [2.05, 4.69) is 24.2 Å². The van der Waals surface area contributed by atoms with Crippen LogP contribution in [-0.2, 0) is 9.63 Å². The lowest BCUT2D eigenvalue weighted by atomic mass is 9.44. The summed E-state index contributed by atoms with van der Waals surface area (Å²) in [5, 5.41) is 17.5. The van der Waals surface area contributed by atoms with Gasteiger partial charge in [-0.15, -0.1) is 0 Å². The number of carbonyl (C=O) groups is 1. The fraction of sp³-hybridized carbons (Fsp3) is 0.857. The second kappa shape index (κ2) is 7.08. The number of Topliss-reactive ketones (excluding diaryl/α,β-unsaturated/α-hetero) is 1. The van der Waals surface area contributed by atoms with Crippen LogP contribution in [0, 0.1) is 34.5 Å². The van der Waals surface area contributed by atoms with E-state index in [1.54, 1.807) is 0 Å². The third-order valence-corrected chi connectivity index (χ3v) is 8.55. The van der Waals surface area contributed by atoms with E-state index in [9.17, 15) is 10.0 Å². The number of hydrogen-bond acceptors (Lipinski definition) is 6.